The zero-order valence-electron chi connectivity index (χ0n) is 7.97. The Morgan fingerprint density at radius 1 is 1.53 bits per heavy atom. The van der Waals surface area contributed by atoms with E-state index in [2.05, 4.69) is 4.74 Å². The topological polar surface area (TPSA) is 79.4 Å². The molecule has 0 fully saturated rings. The van der Waals surface area contributed by atoms with E-state index in [0.717, 1.165) is 0 Å². The van der Waals surface area contributed by atoms with Gasteiger partial charge in [0.2, 0.25) is 5.88 Å². The number of carboxylic acid groups (broad SMARTS) is 1. The van der Waals surface area contributed by atoms with Gasteiger partial charge in [0, 0.05) is 11.6 Å². The summed E-state index contributed by atoms with van der Waals surface area (Å²) in [7, 11) is 0. The minimum absolute atomic E-state index is 0.339. The van der Waals surface area contributed by atoms with Crippen LogP contribution in [-0.4, -0.2) is 22.4 Å². The molecule has 0 aliphatic rings. The van der Waals surface area contributed by atoms with E-state index in [1.54, 1.807) is 0 Å². The van der Waals surface area contributed by atoms with Gasteiger partial charge in [-0.15, -0.1) is 24.8 Å². The third-order valence-corrected chi connectivity index (χ3v) is 1.95. The summed E-state index contributed by atoms with van der Waals surface area (Å²) < 4.78 is 39.0. The van der Waals surface area contributed by atoms with Gasteiger partial charge in [-0.1, -0.05) is 0 Å². The van der Waals surface area contributed by atoms with Crippen molar-refractivity contribution in [1.29, 1.82) is 0 Å². The number of ether oxygens (including phenoxy) is 1. The van der Waals surface area contributed by atoms with Crippen molar-refractivity contribution in [2.45, 2.75) is 12.2 Å². The van der Waals surface area contributed by atoms with Crippen molar-refractivity contribution in [3.05, 3.63) is 27.5 Å². The summed E-state index contributed by atoms with van der Waals surface area (Å²) in [4.78, 5) is 23.8. The smallest absolute Gasteiger partial charge is 0.477 e. The zero-order chi connectivity index (χ0) is 13.2. The van der Waals surface area contributed by atoms with Crippen molar-refractivity contribution in [2.75, 3.05) is 0 Å². The molecule has 0 saturated heterocycles. The number of halogens is 4. The first-order valence-corrected chi connectivity index (χ1v) is 4.59. The number of alkyl halides is 4. The van der Waals surface area contributed by atoms with Gasteiger partial charge in [0.1, 0.15) is 5.69 Å². The first-order chi connectivity index (χ1) is 7.74. The van der Waals surface area contributed by atoms with Crippen LogP contribution in [0.3, 0.4) is 0 Å². The summed E-state index contributed by atoms with van der Waals surface area (Å²) in [6, 6.07) is 0.484. The monoisotopic (exact) mass is 271 g/mol. The number of pyridine rings is 1. The molecular formula is C8H5ClF3NO4. The number of aromatic nitrogens is 1. The molecule has 0 aliphatic carbocycles. The molecule has 0 aromatic carbocycles. The van der Waals surface area contributed by atoms with Crippen molar-refractivity contribution >= 4 is 17.6 Å². The molecule has 2 N–H and O–H groups in total. The molecule has 0 spiro atoms. The van der Waals surface area contributed by atoms with Crippen LogP contribution in [0.4, 0.5) is 13.2 Å². The van der Waals surface area contributed by atoms with Crippen molar-refractivity contribution in [3.63, 3.8) is 0 Å². The molecule has 17 heavy (non-hydrogen) atoms. The molecule has 0 amide bonds. The first kappa shape index (κ1) is 13.4. The highest BCUT2D eigenvalue weighted by atomic mass is 35.5. The molecular weight excluding hydrogens is 267 g/mol. The van der Waals surface area contributed by atoms with Gasteiger partial charge in [0.25, 0.3) is 0 Å². The number of aromatic amines is 1. The Kier molecular flexibility index (Phi) is 3.66. The van der Waals surface area contributed by atoms with Gasteiger partial charge in [-0.3, -0.25) is 4.79 Å². The van der Waals surface area contributed by atoms with Crippen LogP contribution >= 0.6 is 11.6 Å². The van der Waals surface area contributed by atoms with Crippen LogP contribution in [0.2, 0.25) is 0 Å². The van der Waals surface area contributed by atoms with Gasteiger partial charge in [-0.25, -0.2) is 4.79 Å². The third-order valence-electron chi connectivity index (χ3n) is 1.68. The summed E-state index contributed by atoms with van der Waals surface area (Å²) in [5, 5.41) is 8.68. The minimum atomic E-state index is -5.03. The van der Waals surface area contributed by atoms with Crippen LogP contribution in [-0.2, 0) is 5.88 Å². The number of H-pyrrole nitrogens is 1. The minimum Gasteiger partial charge on any atom is -0.477 e. The highest BCUT2D eigenvalue weighted by molar-refractivity contribution is 6.17. The second kappa shape index (κ2) is 4.66. The lowest BCUT2D eigenvalue weighted by Gasteiger charge is -2.10. The zero-order valence-corrected chi connectivity index (χ0v) is 8.72. The Morgan fingerprint density at radius 3 is 2.53 bits per heavy atom. The van der Waals surface area contributed by atoms with E-state index in [0.29, 0.717) is 6.07 Å². The van der Waals surface area contributed by atoms with E-state index >= 15 is 0 Å². The Hall–Kier alpha value is -1.70. The lowest BCUT2D eigenvalue weighted by molar-refractivity contribution is -0.276. The van der Waals surface area contributed by atoms with Crippen LogP contribution in [0, 0.1) is 0 Å². The predicted octanol–water partition coefficient (Wildman–Crippen LogP) is 1.71. The van der Waals surface area contributed by atoms with E-state index in [9.17, 15) is 22.8 Å². The van der Waals surface area contributed by atoms with Crippen molar-refractivity contribution in [2.24, 2.45) is 0 Å². The van der Waals surface area contributed by atoms with Crippen molar-refractivity contribution in [3.8, 4) is 5.88 Å². The van der Waals surface area contributed by atoms with Gasteiger partial charge in [-0.2, -0.15) is 0 Å². The SMILES string of the molecule is O=C(O)c1[nH]c(OC(F)(F)F)cc(=O)c1CCl. The average Bonchev–Trinajstić information content (AvgIpc) is 2.13. The molecule has 1 rings (SSSR count). The van der Waals surface area contributed by atoms with Gasteiger partial charge in [0.15, 0.2) is 5.43 Å². The Bertz CT molecular complexity index is 497. The van der Waals surface area contributed by atoms with E-state index in [1.165, 1.54) is 0 Å². The maximum Gasteiger partial charge on any atom is 0.574 e. The van der Waals surface area contributed by atoms with Gasteiger partial charge >= 0.3 is 12.3 Å². The maximum atomic E-state index is 11.9. The third kappa shape index (κ3) is 3.38. The van der Waals surface area contributed by atoms with E-state index in [-0.39, 0.29) is 5.56 Å². The maximum absolute atomic E-state index is 11.9. The number of hydrogen-bond donors (Lipinski definition) is 2. The van der Waals surface area contributed by atoms with E-state index < -0.39 is 35.2 Å². The van der Waals surface area contributed by atoms with Crippen LogP contribution in [0.15, 0.2) is 10.9 Å². The molecule has 5 nitrogen and oxygen atoms in total. The molecule has 0 aliphatic heterocycles. The fourth-order valence-electron chi connectivity index (χ4n) is 1.06. The van der Waals surface area contributed by atoms with Crippen molar-refractivity contribution < 1.29 is 27.8 Å². The van der Waals surface area contributed by atoms with Crippen LogP contribution in [0.25, 0.3) is 0 Å². The highest BCUT2D eigenvalue weighted by Gasteiger charge is 2.32. The fourth-order valence-corrected chi connectivity index (χ4v) is 1.32. The van der Waals surface area contributed by atoms with Gasteiger partial charge in [0.05, 0.1) is 5.88 Å². The first-order valence-electron chi connectivity index (χ1n) is 4.06. The predicted molar refractivity (Wildman–Crippen MR) is 50.3 cm³/mol. The summed E-state index contributed by atoms with van der Waals surface area (Å²) in [5.41, 5.74) is -2.02. The number of hydrogen-bond acceptors (Lipinski definition) is 3. The number of carbonyl (C=O) groups is 1. The Balaban J connectivity index is 3.30. The quantitative estimate of drug-likeness (QED) is 0.820. The molecule has 9 heteroatoms. The molecule has 1 heterocycles. The molecule has 94 valence electrons. The number of carboxylic acids is 1. The summed E-state index contributed by atoms with van der Waals surface area (Å²) in [6.07, 6.45) is -5.03. The summed E-state index contributed by atoms with van der Waals surface area (Å²) in [5.74, 6) is -3.05. The van der Waals surface area contributed by atoms with Gasteiger partial charge < -0.3 is 14.8 Å². The van der Waals surface area contributed by atoms with E-state index in [1.807, 2.05) is 4.98 Å². The van der Waals surface area contributed by atoms with Crippen LogP contribution in [0.5, 0.6) is 5.88 Å². The number of nitrogens with one attached hydrogen (secondary N) is 1. The molecule has 0 radical (unpaired) electrons. The standard InChI is InChI=1S/C8H5ClF3NO4/c9-2-3-4(14)1-5(17-8(10,11)12)13-6(3)7(15)16/h1H,2H2,(H,13,14)(H,15,16). The normalized spacial score (nSPS) is 11.3. The molecule has 0 saturated carbocycles. The van der Waals surface area contributed by atoms with E-state index in [4.69, 9.17) is 16.7 Å². The van der Waals surface area contributed by atoms with Crippen LogP contribution in [0.1, 0.15) is 16.1 Å². The summed E-state index contributed by atoms with van der Waals surface area (Å²) >= 11 is 5.32. The average molecular weight is 272 g/mol. The largest absolute Gasteiger partial charge is 0.574 e. The highest BCUT2D eigenvalue weighted by Crippen LogP contribution is 2.20. The van der Waals surface area contributed by atoms with Crippen LogP contribution < -0.4 is 10.2 Å². The Labute approximate surface area is 96.8 Å². The second-order valence-corrected chi connectivity index (χ2v) is 3.11. The number of aromatic carboxylic acids is 1. The lowest BCUT2D eigenvalue weighted by Crippen LogP contribution is -2.22. The fraction of sp³-hybridized carbons (Fsp3) is 0.250. The Morgan fingerprint density at radius 2 is 2.12 bits per heavy atom. The number of rotatable bonds is 3. The molecule has 0 bridgehead atoms. The lowest BCUT2D eigenvalue weighted by atomic mass is 10.2. The molecule has 1 aromatic heterocycles. The molecule has 0 unspecified atom stereocenters. The summed E-state index contributed by atoms with van der Waals surface area (Å²) in [6.45, 7) is 0. The second-order valence-electron chi connectivity index (χ2n) is 2.84. The van der Waals surface area contributed by atoms with Crippen molar-refractivity contribution in [1.82, 2.24) is 4.98 Å². The molecule has 0 atom stereocenters. The van der Waals surface area contributed by atoms with Gasteiger partial charge in [-0.05, 0) is 0 Å². The molecule has 1 aromatic rings.